The van der Waals surface area contributed by atoms with Crippen molar-refractivity contribution in [3.05, 3.63) is 80.8 Å². The molecule has 3 aromatic heterocycles. The molecule has 0 aliphatic heterocycles. The van der Waals surface area contributed by atoms with Gasteiger partial charge in [0.05, 0.1) is 18.2 Å². The summed E-state index contributed by atoms with van der Waals surface area (Å²) in [5, 5.41) is 10.7. The molecule has 4 nitrogen and oxygen atoms in total. The van der Waals surface area contributed by atoms with Crippen molar-refractivity contribution < 1.29 is 4.42 Å². The van der Waals surface area contributed by atoms with Gasteiger partial charge in [0.25, 0.3) is 0 Å². The Balaban J connectivity index is 1.82. The minimum Gasteiger partial charge on any atom is -0.463 e. The average molecular weight is 365 g/mol. The van der Waals surface area contributed by atoms with Crippen LogP contribution in [0.2, 0.25) is 0 Å². The number of hydrogen-bond acceptors (Lipinski definition) is 5. The van der Waals surface area contributed by atoms with Crippen molar-refractivity contribution in [2.45, 2.75) is 6.92 Å². The highest BCUT2D eigenvalue weighted by Gasteiger charge is 2.10. The number of aryl methyl sites for hydroxylation is 1. The monoisotopic (exact) mass is 365 g/mol. The Morgan fingerprint density at radius 3 is 2.68 bits per heavy atom. The van der Waals surface area contributed by atoms with Crippen LogP contribution in [0.5, 0.6) is 0 Å². The van der Waals surface area contributed by atoms with Crippen LogP contribution < -0.4 is 4.80 Å². The molecule has 0 spiro atoms. The van der Waals surface area contributed by atoms with Crippen LogP contribution in [0.4, 0.5) is 5.69 Å². The molecule has 0 saturated heterocycles. The molecule has 3 heterocycles. The quantitative estimate of drug-likeness (QED) is 0.453. The normalized spacial score (nSPS) is 12.3. The van der Waals surface area contributed by atoms with E-state index < -0.39 is 0 Å². The molecule has 0 unspecified atom stereocenters. The number of nitrogens with zero attached hydrogens (tertiary/aromatic N) is 3. The largest absolute Gasteiger partial charge is 0.463 e. The summed E-state index contributed by atoms with van der Waals surface area (Å²) in [6, 6.07) is 14.0. The molecule has 0 saturated carbocycles. The van der Waals surface area contributed by atoms with Crippen LogP contribution in [0, 0.1) is 6.92 Å². The predicted molar refractivity (Wildman–Crippen MR) is 104 cm³/mol. The van der Waals surface area contributed by atoms with Crippen molar-refractivity contribution in [1.82, 2.24) is 4.68 Å². The molecule has 1 aromatic carbocycles. The van der Waals surface area contributed by atoms with E-state index >= 15 is 0 Å². The molecule has 0 atom stereocenters. The highest BCUT2D eigenvalue weighted by Crippen LogP contribution is 2.21. The Hall–Kier alpha value is -2.70. The van der Waals surface area contributed by atoms with Gasteiger partial charge in [-0.1, -0.05) is 17.7 Å². The van der Waals surface area contributed by atoms with Gasteiger partial charge in [-0.3, -0.25) is 0 Å². The van der Waals surface area contributed by atoms with E-state index in [0.717, 1.165) is 27.5 Å². The first-order chi connectivity index (χ1) is 12.3. The molecule has 0 amide bonds. The van der Waals surface area contributed by atoms with Crippen LogP contribution >= 0.6 is 22.7 Å². The fourth-order valence-electron chi connectivity index (χ4n) is 2.29. The van der Waals surface area contributed by atoms with Gasteiger partial charge in [0.15, 0.2) is 5.76 Å². The molecule has 0 N–H and O–H groups in total. The second kappa shape index (κ2) is 7.04. The number of thiazole rings is 1. The van der Waals surface area contributed by atoms with E-state index in [-0.39, 0.29) is 0 Å². The Morgan fingerprint density at radius 1 is 1.08 bits per heavy atom. The fraction of sp³-hybridized carbons (Fsp3) is 0.0526. The zero-order chi connectivity index (χ0) is 17.1. The first-order valence-corrected chi connectivity index (χ1v) is 9.54. The van der Waals surface area contributed by atoms with Crippen LogP contribution in [0.15, 0.2) is 79.4 Å². The molecule has 0 aliphatic carbocycles. The minimum absolute atomic E-state index is 0.768. The third-order valence-electron chi connectivity index (χ3n) is 3.58. The van der Waals surface area contributed by atoms with Gasteiger partial charge in [0.1, 0.15) is 5.69 Å². The van der Waals surface area contributed by atoms with E-state index in [4.69, 9.17) is 9.41 Å². The SMILES string of the molecule is Cc1ccc(N=c2scc(-c3ccco3)n2N=Cc2ccsc2)cc1. The Bertz CT molecular complexity index is 1040. The smallest absolute Gasteiger partial charge is 0.211 e. The summed E-state index contributed by atoms with van der Waals surface area (Å²) in [5.74, 6) is 0.768. The van der Waals surface area contributed by atoms with Crippen molar-refractivity contribution >= 4 is 34.6 Å². The topological polar surface area (TPSA) is 42.8 Å². The number of aromatic nitrogens is 1. The van der Waals surface area contributed by atoms with Crippen LogP contribution in [0.25, 0.3) is 11.5 Å². The maximum absolute atomic E-state index is 5.55. The van der Waals surface area contributed by atoms with E-state index in [2.05, 4.69) is 29.5 Å². The zero-order valence-corrected chi connectivity index (χ0v) is 15.1. The van der Waals surface area contributed by atoms with Gasteiger partial charge in [-0.05, 0) is 48.0 Å². The second-order valence-electron chi connectivity index (χ2n) is 5.44. The Kier molecular flexibility index (Phi) is 4.45. The predicted octanol–water partition coefficient (Wildman–Crippen LogP) is 5.29. The number of hydrogen-bond donors (Lipinski definition) is 0. The van der Waals surface area contributed by atoms with Gasteiger partial charge in [0.2, 0.25) is 4.80 Å². The van der Waals surface area contributed by atoms with Gasteiger partial charge >= 0.3 is 0 Å². The van der Waals surface area contributed by atoms with Crippen molar-refractivity contribution in [2.75, 3.05) is 0 Å². The Labute approximate surface area is 153 Å². The molecule has 25 heavy (non-hydrogen) atoms. The number of thiophene rings is 1. The summed E-state index contributed by atoms with van der Waals surface area (Å²) >= 11 is 3.18. The molecular weight excluding hydrogens is 350 g/mol. The molecule has 6 heteroatoms. The summed E-state index contributed by atoms with van der Waals surface area (Å²) < 4.78 is 7.37. The highest BCUT2D eigenvalue weighted by atomic mass is 32.1. The third-order valence-corrected chi connectivity index (χ3v) is 5.10. The molecular formula is C19H15N3OS2. The lowest BCUT2D eigenvalue weighted by molar-refractivity contribution is 0.575. The second-order valence-corrected chi connectivity index (χ2v) is 7.06. The van der Waals surface area contributed by atoms with Crippen LogP contribution in [-0.2, 0) is 0 Å². The van der Waals surface area contributed by atoms with Crippen molar-refractivity contribution in [3.8, 4) is 11.5 Å². The third kappa shape index (κ3) is 3.55. The van der Waals surface area contributed by atoms with Gasteiger partial charge in [0, 0.05) is 10.9 Å². The van der Waals surface area contributed by atoms with Crippen molar-refractivity contribution in [2.24, 2.45) is 10.1 Å². The molecule has 124 valence electrons. The van der Waals surface area contributed by atoms with E-state index in [1.54, 1.807) is 17.6 Å². The summed E-state index contributed by atoms with van der Waals surface area (Å²) in [6.07, 6.45) is 3.50. The lowest BCUT2D eigenvalue weighted by Crippen LogP contribution is -2.11. The van der Waals surface area contributed by atoms with Crippen molar-refractivity contribution in [1.29, 1.82) is 0 Å². The van der Waals surface area contributed by atoms with Gasteiger partial charge in [-0.15, -0.1) is 11.3 Å². The summed E-state index contributed by atoms with van der Waals surface area (Å²) in [4.78, 5) is 5.53. The lowest BCUT2D eigenvalue weighted by Gasteiger charge is -2.00. The minimum atomic E-state index is 0.768. The molecule has 0 bridgehead atoms. The summed E-state index contributed by atoms with van der Waals surface area (Å²) in [7, 11) is 0. The zero-order valence-electron chi connectivity index (χ0n) is 13.5. The van der Waals surface area contributed by atoms with Gasteiger partial charge < -0.3 is 4.42 Å². The van der Waals surface area contributed by atoms with Crippen LogP contribution in [-0.4, -0.2) is 10.9 Å². The first-order valence-electron chi connectivity index (χ1n) is 7.72. The van der Waals surface area contributed by atoms with Crippen molar-refractivity contribution in [3.63, 3.8) is 0 Å². The standard InChI is InChI=1S/C19H15N3OS2/c1-14-4-6-16(7-5-14)21-19-22(20-11-15-8-10-24-12-15)17(13-25-19)18-3-2-9-23-18/h2-13H,1H3. The molecule has 4 rings (SSSR count). The van der Waals surface area contributed by atoms with E-state index in [0.29, 0.717) is 0 Å². The molecule has 0 fully saturated rings. The number of benzene rings is 1. The molecule has 4 aromatic rings. The molecule has 0 aliphatic rings. The maximum atomic E-state index is 5.55. The Morgan fingerprint density at radius 2 is 1.96 bits per heavy atom. The van der Waals surface area contributed by atoms with E-state index in [1.165, 1.54) is 16.9 Å². The molecule has 0 radical (unpaired) electrons. The average Bonchev–Trinajstić information content (AvgIpc) is 3.37. The van der Waals surface area contributed by atoms with Crippen LogP contribution in [0.1, 0.15) is 11.1 Å². The summed E-state index contributed by atoms with van der Waals surface area (Å²) in [6.45, 7) is 2.06. The number of rotatable bonds is 4. The maximum Gasteiger partial charge on any atom is 0.211 e. The fourth-order valence-corrected chi connectivity index (χ4v) is 3.73. The van der Waals surface area contributed by atoms with Crippen LogP contribution in [0.3, 0.4) is 0 Å². The first kappa shape index (κ1) is 15.8. The van der Waals surface area contributed by atoms with Gasteiger partial charge in [-0.25, -0.2) is 9.67 Å². The van der Waals surface area contributed by atoms with Gasteiger partial charge in [-0.2, -0.15) is 16.4 Å². The lowest BCUT2D eigenvalue weighted by atomic mass is 10.2. The summed E-state index contributed by atoms with van der Waals surface area (Å²) in [5.41, 5.74) is 4.06. The highest BCUT2D eigenvalue weighted by molar-refractivity contribution is 7.08. The van der Waals surface area contributed by atoms with E-state index in [1.807, 2.05) is 52.0 Å². The number of furan rings is 1. The van der Waals surface area contributed by atoms with E-state index in [9.17, 15) is 0 Å².